The average Bonchev–Trinajstić information content (AvgIpc) is 2.96. The Morgan fingerprint density at radius 2 is 2.00 bits per heavy atom. The number of hydrogen-bond acceptors (Lipinski definition) is 5. The Bertz CT molecular complexity index is 743. The highest BCUT2D eigenvalue weighted by atomic mass is 19.4. The van der Waals surface area contributed by atoms with Gasteiger partial charge in [-0.15, -0.1) is 0 Å². The molecule has 28 heavy (non-hydrogen) atoms. The molecule has 3 saturated heterocycles. The summed E-state index contributed by atoms with van der Waals surface area (Å²) in [7, 11) is 0. The van der Waals surface area contributed by atoms with Crippen molar-refractivity contribution in [1.29, 1.82) is 0 Å². The third-order valence-corrected chi connectivity index (χ3v) is 5.59. The van der Waals surface area contributed by atoms with Crippen molar-refractivity contribution in [2.45, 2.75) is 31.0 Å². The molecule has 3 aliphatic rings. The second-order valence-corrected chi connectivity index (χ2v) is 7.57. The molecule has 152 valence electrons. The molecule has 1 aromatic heterocycles. The first-order valence-electron chi connectivity index (χ1n) is 9.28. The Morgan fingerprint density at radius 3 is 2.57 bits per heavy atom. The molecule has 0 spiro atoms. The van der Waals surface area contributed by atoms with Crippen LogP contribution in [0.4, 0.5) is 23.8 Å². The van der Waals surface area contributed by atoms with Gasteiger partial charge < -0.3 is 19.9 Å². The van der Waals surface area contributed by atoms with Crippen LogP contribution in [0.5, 0.6) is 0 Å². The molecule has 3 aliphatic heterocycles. The number of carbonyl (C=O) groups excluding carboxylic acids is 2. The van der Waals surface area contributed by atoms with Crippen LogP contribution < -0.4 is 10.2 Å². The maximum Gasteiger partial charge on any atom is 0.407 e. The molecule has 10 heteroatoms. The predicted molar refractivity (Wildman–Crippen MR) is 92.8 cm³/mol. The van der Waals surface area contributed by atoms with Crippen LogP contribution in [0.25, 0.3) is 0 Å². The van der Waals surface area contributed by atoms with Crippen LogP contribution in [-0.4, -0.2) is 66.9 Å². The molecule has 1 aromatic rings. The zero-order chi connectivity index (χ0) is 19.9. The van der Waals surface area contributed by atoms with Gasteiger partial charge in [-0.05, 0) is 18.1 Å². The zero-order valence-electron chi connectivity index (χ0n) is 15.1. The van der Waals surface area contributed by atoms with E-state index in [-0.39, 0.29) is 31.0 Å². The van der Waals surface area contributed by atoms with E-state index in [9.17, 15) is 22.8 Å². The number of aromatic nitrogens is 1. The summed E-state index contributed by atoms with van der Waals surface area (Å²) in [5, 5.41) is 2.65. The molecule has 0 unspecified atom stereocenters. The monoisotopic (exact) mass is 398 g/mol. The van der Waals surface area contributed by atoms with E-state index in [4.69, 9.17) is 4.74 Å². The molecular weight excluding hydrogens is 377 g/mol. The maximum atomic E-state index is 12.6. The molecule has 7 nitrogen and oxygen atoms in total. The Labute approximate surface area is 159 Å². The van der Waals surface area contributed by atoms with E-state index < -0.39 is 18.2 Å². The standard InChI is InChI=1S/C18H21F3N4O3/c19-18(20,21)13-8-24(9-13)15-3-1-11(5-22-15)12-6-25(7-12)16(26)4-2-14-10-28-17(27)23-14/h1,3,5,12-14H,2,4,6-10H2,(H,23,27)/t14-/m1/s1. The molecular formula is C18H21F3N4O3. The first-order valence-corrected chi connectivity index (χ1v) is 9.28. The quantitative estimate of drug-likeness (QED) is 0.820. The van der Waals surface area contributed by atoms with E-state index in [0.717, 1.165) is 5.56 Å². The van der Waals surface area contributed by atoms with Crippen LogP contribution in [-0.2, 0) is 9.53 Å². The van der Waals surface area contributed by atoms with Crippen LogP contribution in [0.15, 0.2) is 18.3 Å². The number of nitrogens with one attached hydrogen (secondary N) is 1. The summed E-state index contributed by atoms with van der Waals surface area (Å²) in [4.78, 5) is 30.8. The van der Waals surface area contributed by atoms with Gasteiger partial charge >= 0.3 is 12.3 Å². The number of cyclic esters (lactones) is 1. The minimum Gasteiger partial charge on any atom is -0.447 e. The van der Waals surface area contributed by atoms with Crippen molar-refractivity contribution in [2.75, 3.05) is 37.7 Å². The molecule has 2 amide bonds. The summed E-state index contributed by atoms with van der Waals surface area (Å²) >= 11 is 0. The molecule has 4 heterocycles. The minimum absolute atomic E-state index is 0.0424. The van der Waals surface area contributed by atoms with Crippen molar-refractivity contribution in [3.63, 3.8) is 0 Å². The molecule has 3 fully saturated rings. The molecule has 0 saturated carbocycles. The molecule has 0 bridgehead atoms. The number of amides is 2. The van der Waals surface area contributed by atoms with E-state index in [2.05, 4.69) is 10.3 Å². The molecule has 1 atom stereocenters. The van der Waals surface area contributed by atoms with Gasteiger partial charge in [0, 0.05) is 44.7 Å². The third kappa shape index (κ3) is 3.85. The number of carbonyl (C=O) groups is 2. The lowest BCUT2D eigenvalue weighted by Crippen LogP contribution is -2.53. The number of anilines is 1. The van der Waals surface area contributed by atoms with Crippen LogP contribution >= 0.6 is 0 Å². The number of likely N-dealkylation sites (tertiary alicyclic amines) is 1. The van der Waals surface area contributed by atoms with Gasteiger partial charge in [-0.3, -0.25) is 4.79 Å². The second-order valence-electron chi connectivity index (χ2n) is 7.57. The van der Waals surface area contributed by atoms with Crippen LogP contribution in [0.2, 0.25) is 0 Å². The Balaban J connectivity index is 1.20. The normalized spacial score (nSPS) is 23.1. The lowest BCUT2D eigenvalue weighted by molar-refractivity contribution is -0.180. The van der Waals surface area contributed by atoms with Gasteiger partial charge in [0.1, 0.15) is 12.4 Å². The van der Waals surface area contributed by atoms with E-state index in [1.54, 1.807) is 22.1 Å². The van der Waals surface area contributed by atoms with E-state index in [0.29, 0.717) is 38.4 Å². The summed E-state index contributed by atoms with van der Waals surface area (Å²) < 4.78 is 42.5. The minimum atomic E-state index is -4.14. The molecule has 4 rings (SSSR count). The number of ether oxygens (including phenoxy) is 1. The van der Waals surface area contributed by atoms with E-state index >= 15 is 0 Å². The summed E-state index contributed by atoms with van der Waals surface area (Å²) in [5.41, 5.74) is 0.983. The summed E-state index contributed by atoms with van der Waals surface area (Å²) in [5.74, 6) is -0.485. The van der Waals surface area contributed by atoms with Crippen LogP contribution in [0.1, 0.15) is 24.3 Å². The van der Waals surface area contributed by atoms with Crippen molar-refractivity contribution in [2.24, 2.45) is 5.92 Å². The van der Waals surface area contributed by atoms with Gasteiger partial charge in [0.05, 0.1) is 12.0 Å². The first kappa shape index (κ1) is 18.8. The van der Waals surface area contributed by atoms with Crippen LogP contribution in [0, 0.1) is 5.92 Å². The SMILES string of the molecule is O=C1N[C@H](CCC(=O)N2CC(c3ccc(N4CC(C(F)(F)F)C4)nc3)C2)CO1. The van der Waals surface area contributed by atoms with Gasteiger partial charge in [-0.25, -0.2) is 9.78 Å². The van der Waals surface area contributed by atoms with Crippen molar-refractivity contribution in [3.8, 4) is 0 Å². The highest BCUT2D eigenvalue weighted by molar-refractivity contribution is 5.77. The molecule has 0 aromatic carbocycles. The molecule has 0 aliphatic carbocycles. The number of pyridine rings is 1. The molecule has 0 radical (unpaired) electrons. The predicted octanol–water partition coefficient (Wildman–Crippen LogP) is 1.89. The average molecular weight is 398 g/mol. The highest BCUT2D eigenvalue weighted by Crippen LogP contribution is 2.36. The lowest BCUT2D eigenvalue weighted by Gasteiger charge is -2.41. The number of alkyl halides is 3. The Morgan fingerprint density at radius 1 is 1.25 bits per heavy atom. The number of nitrogens with zero attached hydrogens (tertiary/aromatic N) is 3. The lowest BCUT2D eigenvalue weighted by atomic mass is 9.92. The van der Waals surface area contributed by atoms with E-state index in [1.807, 2.05) is 6.07 Å². The summed E-state index contributed by atoms with van der Waals surface area (Å²) in [6.07, 6.45) is -1.99. The summed E-state index contributed by atoms with van der Waals surface area (Å²) in [6, 6.07) is 3.51. The van der Waals surface area contributed by atoms with Gasteiger partial charge in [0.15, 0.2) is 0 Å². The van der Waals surface area contributed by atoms with Crippen molar-refractivity contribution < 1.29 is 27.5 Å². The smallest absolute Gasteiger partial charge is 0.407 e. The molecule has 1 N–H and O–H groups in total. The summed E-state index contributed by atoms with van der Waals surface area (Å²) in [6.45, 7) is 1.41. The second kappa shape index (κ2) is 7.14. The number of alkyl carbamates (subject to hydrolysis) is 1. The van der Waals surface area contributed by atoms with Crippen molar-refractivity contribution >= 4 is 17.8 Å². The van der Waals surface area contributed by atoms with Crippen molar-refractivity contribution in [1.82, 2.24) is 15.2 Å². The third-order valence-electron chi connectivity index (χ3n) is 5.59. The fourth-order valence-corrected chi connectivity index (χ4v) is 3.63. The fraction of sp³-hybridized carbons (Fsp3) is 0.611. The largest absolute Gasteiger partial charge is 0.447 e. The number of hydrogen-bond donors (Lipinski definition) is 1. The van der Waals surface area contributed by atoms with Crippen LogP contribution in [0.3, 0.4) is 0 Å². The van der Waals surface area contributed by atoms with Gasteiger partial charge in [-0.1, -0.05) is 6.07 Å². The van der Waals surface area contributed by atoms with Gasteiger partial charge in [-0.2, -0.15) is 13.2 Å². The highest BCUT2D eigenvalue weighted by Gasteiger charge is 2.47. The topological polar surface area (TPSA) is 74.8 Å². The van der Waals surface area contributed by atoms with Gasteiger partial charge in [0.2, 0.25) is 5.91 Å². The van der Waals surface area contributed by atoms with Crippen molar-refractivity contribution in [3.05, 3.63) is 23.9 Å². The first-order chi connectivity index (χ1) is 13.3. The maximum absolute atomic E-state index is 12.6. The fourth-order valence-electron chi connectivity index (χ4n) is 3.63. The number of rotatable bonds is 5. The zero-order valence-corrected chi connectivity index (χ0v) is 15.1. The number of halogens is 3. The Hall–Kier alpha value is -2.52. The van der Waals surface area contributed by atoms with Gasteiger partial charge in [0.25, 0.3) is 0 Å². The Kier molecular flexibility index (Phi) is 4.80. The van der Waals surface area contributed by atoms with E-state index in [1.165, 1.54) is 0 Å².